The lowest BCUT2D eigenvalue weighted by atomic mass is 10.0. The van der Waals surface area contributed by atoms with Gasteiger partial charge in [-0.1, -0.05) is 60.7 Å². The Hall–Kier alpha value is -2.50. The quantitative estimate of drug-likeness (QED) is 0.716. The Morgan fingerprint density at radius 1 is 1.08 bits per heavy atom. The Labute approximate surface area is 144 Å². The third-order valence-electron chi connectivity index (χ3n) is 3.56. The second-order valence-corrected chi connectivity index (χ2v) is 6.19. The topological polar surface area (TPSA) is 43.6 Å². The van der Waals surface area contributed by atoms with E-state index in [1.807, 2.05) is 83.9 Å². The molecule has 122 valence electrons. The van der Waals surface area contributed by atoms with Crippen LogP contribution in [0.1, 0.15) is 17.2 Å². The average Bonchev–Trinajstić information content (AvgIpc) is 3.02. The van der Waals surface area contributed by atoms with Crippen molar-refractivity contribution < 1.29 is 9.53 Å². The normalized spacial score (nSPS) is 11.8. The van der Waals surface area contributed by atoms with Crippen molar-refractivity contribution in [2.75, 3.05) is 6.61 Å². The number of ether oxygens (including phenoxy) is 1. The van der Waals surface area contributed by atoms with E-state index in [-0.39, 0.29) is 18.6 Å². The highest BCUT2D eigenvalue weighted by Crippen LogP contribution is 2.25. The second-order valence-electron chi connectivity index (χ2n) is 5.31. The number of aryl methyl sites for hydroxylation is 1. The maximum atomic E-state index is 12.1. The first kappa shape index (κ1) is 16.4. The summed E-state index contributed by atoms with van der Waals surface area (Å²) in [4.78, 5) is 16.9. The maximum absolute atomic E-state index is 12.1. The van der Waals surface area contributed by atoms with Crippen LogP contribution >= 0.6 is 11.3 Å². The molecular weight excluding hydrogens is 320 g/mol. The molecule has 1 aromatic heterocycles. The second kappa shape index (κ2) is 7.86. The Morgan fingerprint density at radius 2 is 1.67 bits per heavy atom. The Balaban J connectivity index is 1.78. The molecule has 0 aliphatic carbocycles. The molecule has 5 heteroatoms. The fourth-order valence-corrected chi connectivity index (χ4v) is 3.12. The van der Waals surface area contributed by atoms with E-state index in [0.717, 1.165) is 11.1 Å². The number of hydrogen-bond donors (Lipinski definition) is 0. The molecule has 0 N–H and O–H groups in total. The molecule has 2 aromatic carbocycles. The van der Waals surface area contributed by atoms with Crippen molar-refractivity contribution in [1.29, 1.82) is 0 Å². The van der Waals surface area contributed by atoms with Gasteiger partial charge in [0.15, 0.2) is 4.80 Å². The number of rotatable bonds is 5. The summed E-state index contributed by atoms with van der Waals surface area (Å²) in [5.41, 5.74) is 2.02. The molecule has 3 aromatic rings. The molecule has 4 nitrogen and oxygen atoms in total. The van der Waals surface area contributed by atoms with E-state index in [1.54, 1.807) is 0 Å². The summed E-state index contributed by atoms with van der Waals surface area (Å²) in [5, 5.41) is 1.89. The fourth-order valence-electron chi connectivity index (χ4n) is 2.37. The van der Waals surface area contributed by atoms with E-state index < -0.39 is 0 Å². The first-order valence-corrected chi connectivity index (χ1v) is 8.51. The molecule has 0 fully saturated rings. The number of carbonyl (C=O) groups is 1. The first-order chi connectivity index (χ1) is 11.7. The van der Waals surface area contributed by atoms with Crippen molar-refractivity contribution in [3.8, 4) is 0 Å². The largest absolute Gasteiger partial charge is 0.359 e. The zero-order chi connectivity index (χ0) is 16.8. The number of thiazole rings is 1. The zero-order valence-corrected chi connectivity index (χ0v) is 14.1. The highest BCUT2D eigenvalue weighted by Gasteiger charge is 2.15. The summed E-state index contributed by atoms with van der Waals surface area (Å²) in [5.74, 6) is -0.287. The smallest absolute Gasteiger partial charge is 0.274 e. The van der Waals surface area contributed by atoms with Crippen molar-refractivity contribution in [2.24, 2.45) is 12.0 Å². The first-order valence-electron chi connectivity index (χ1n) is 7.63. The molecule has 1 amide bonds. The van der Waals surface area contributed by atoms with Gasteiger partial charge in [0.25, 0.3) is 5.91 Å². The lowest BCUT2D eigenvalue weighted by Gasteiger charge is -2.18. The van der Waals surface area contributed by atoms with Crippen LogP contribution in [0.4, 0.5) is 0 Å². The summed E-state index contributed by atoms with van der Waals surface area (Å²) >= 11 is 1.42. The van der Waals surface area contributed by atoms with Gasteiger partial charge in [0.2, 0.25) is 0 Å². The molecule has 0 unspecified atom stereocenters. The van der Waals surface area contributed by atoms with E-state index in [2.05, 4.69) is 4.99 Å². The molecule has 0 saturated heterocycles. The van der Waals surface area contributed by atoms with Gasteiger partial charge in [0.1, 0.15) is 12.7 Å². The zero-order valence-electron chi connectivity index (χ0n) is 13.3. The minimum atomic E-state index is -0.288. The van der Waals surface area contributed by atoms with Gasteiger partial charge < -0.3 is 9.30 Å². The van der Waals surface area contributed by atoms with E-state index in [9.17, 15) is 4.79 Å². The molecule has 0 aliphatic heterocycles. The summed E-state index contributed by atoms with van der Waals surface area (Å²) in [6.45, 7) is -0.0631. The maximum Gasteiger partial charge on any atom is 0.274 e. The summed E-state index contributed by atoms with van der Waals surface area (Å²) in [7, 11) is 1.86. The average molecular weight is 338 g/mol. The minimum Gasteiger partial charge on any atom is -0.359 e. The number of aromatic nitrogens is 1. The predicted molar refractivity (Wildman–Crippen MR) is 94.5 cm³/mol. The summed E-state index contributed by atoms with van der Waals surface area (Å²) < 4.78 is 7.73. The highest BCUT2D eigenvalue weighted by molar-refractivity contribution is 7.07. The summed E-state index contributed by atoms with van der Waals surface area (Å²) in [6, 6.07) is 19.8. The van der Waals surface area contributed by atoms with E-state index in [1.165, 1.54) is 11.3 Å². The van der Waals surface area contributed by atoms with Crippen LogP contribution in [-0.2, 0) is 16.6 Å². The lowest BCUT2D eigenvalue weighted by Crippen LogP contribution is -2.17. The number of nitrogens with zero attached hydrogens (tertiary/aromatic N) is 2. The molecule has 1 heterocycles. The molecule has 0 radical (unpaired) electrons. The van der Waals surface area contributed by atoms with Gasteiger partial charge in [-0.25, -0.2) is 0 Å². The van der Waals surface area contributed by atoms with Gasteiger partial charge in [0.05, 0.1) is 0 Å². The molecule has 0 saturated carbocycles. The number of hydrogen-bond acceptors (Lipinski definition) is 3. The van der Waals surface area contributed by atoms with Crippen LogP contribution in [0.15, 0.2) is 77.2 Å². The number of benzene rings is 2. The van der Waals surface area contributed by atoms with Gasteiger partial charge in [-0.15, -0.1) is 11.3 Å². The third kappa shape index (κ3) is 4.07. The van der Waals surface area contributed by atoms with Crippen molar-refractivity contribution >= 4 is 17.2 Å². The molecular formula is C19H18N2O2S. The van der Waals surface area contributed by atoms with Gasteiger partial charge in [-0.3, -0.25) is 4.79 Å². The third-order valence-corrected chi connectivity index (χ3v) is 4.41. The van der Waals surface area contributed by atoms with Crippen molar-refractivity contribution in [2.45, 2.75) is 6.10 Å². The van der Waals surface area contributed by atoms with Crippen LogP contribution in [0.2, 0.25) is 0 Å². The number of carbonyl (C=O) groups excluding carboxylic acids is 1. The minimum absolute atomic E-state index is 0.0631. The molecule has 0 aliphatic rings. The molecule has 0 atom stereocenters. The van der Waals surface area contributed by atoms with Crippen LogP contribution in [0.25, 0.3) is 0 Å². The van der Waals surface area contributed by atoms with Crippen molar-refractivity contribution in [1.82, 2.24) is 4.57 Å². The van der Waals surface area contributed by atoms with Gasteiger partial charge in [-0.05, 0) is 11.1 Å². The Kier molecular flexibility index (Phi) is 5.36. The monoisotopic (exact) mass is 338 g/mol. The van der Waals surface area contributed by atoms with Gasteiger partial charge in [0, 0.05) is 18.6 Å². The fraction of sp³-hybridized carbons (Fsp3) is 0.158. The van der Waals surface area contributed by atoms with Crippen LogP contribution in [0.5, 0.6) is 0 Å². The Morgan fingerprint density at radius 3 is 2.17 bits per heavy atom. The SMILES string of the molecule is Cn1ccsc1=NC(=O)COC(c1ccccc1)c1ccccc1. The molecule has 24 heavy (non-hydrogen) atoms. The standard InChI is InChI=1S/C19H18N2O2S/c1-21-12-13-24-19(21)20-17(22)14-23-18(15-8-4-2-5-9-15)16-10-6-3-7-11-16/h2-13,18H,14H2,1H3. The molecule has 0 spiro atoms. The van der Waals surface area contributed by atoms with Crippen LogP contribution in [0, 0.1) is 0 Å². The molecule has 0 bridgehead atoms. The van der Waals surface area contributed by atoms with Crippen molar-refractivity contribution in [3.63, 3.8) is 0 Å². The van der Waals surface area contributed by atoms with Gasteiger partial charge >= 0.3 is 0 Å². The van der Waals surface area contributed by atoms with Crippen LogP contribution in [-0.4, -0.2) is 17.1 Å². The van der Waals surface area contributed by atoms with Crippen LogP contribution in [0.3, 0.4) is 0 Å². The lowest BCUT2D eigenvalue weighted by molar-refractivity contribution is -0.123. The van der Waals surface area contributed by atoms with Crippen molar-refractivity contribution in [3.05, 3.63) is 88.2 Å². The summed E-state index contributed by atoms with van der Waals surface area (Å²) in [6.07, 6.45) is 1.58. The molecule has 3 rings (SSSR count). The Bertz CT molecular complexity index is 814. The van der Waals surface area contributed by atoms with E-state index in [0.29, 0.717) is 4.80 Å². The highest BCUT2D eigenvalue weighted by atomic mass is 32.1. The van der Waals surface area contributed by atoms with Crippen LogP contribution < -0.4 is 4.80 Å². The predicted octanol–water partition coefficient (Wildman–Crippen LogP) is 3.32. The number of amides is 1. The van der Waals surface area contributed by atoms with E-state index >= 15 is 0 Å². The van der Waals surface area contributed by atoms with Gasteiger partial charge in [-0.2, -0.15) is 4.99 Å². The van der Waals surface area contributed by atoms with E-state index in [4.69, 9.17) is 4.74 Å².